The van der Waals surface area contributed by atoms with E-state index in [0.29, 0.717) is 25.0 Å². The van der Waals surface area contributed by atoms with Gasteiger partial charge in [-0.15, -0.1) is 0 Å². The van der Waals surface area contributed by atoms with Gasteiger partial charge in [-0.1, -0.05) is 0 Å². The minimum Gasteiger partial charge on any atom is -0.490 e. The molecule has 1 N–H and O–H groups in total. The Morgan fingerprint density at radius 1 is 1.38 bits per heavy atom. The van der Waals surface area contributed by atoms with E-state index in [0.717, 1.165) is 5.56 Å². The Labute approximate surface area is 123 Å². The van der Waals surface area contributed by atoms with Crippen LogP contribution in [0.2, 0.25) is 0 Å². The van der Waals surface area contributed by atoms with Crippen LogP contribution in [0.15, 0.2) is 18.2 Å². The molecule has 0 bridgehead atoms. The molecule has 1 aliphatic heterocycles. The highest BCUT2D eigenvalue weighted by molar-refractivity contribution is 5.88. The molecule has 0 aromatic heterocycles. The number of benzene rings is 1. The van der Waals surface area contributed by atoms with Crippen LogP contribution in [0.3, 0.4) is 0 Å². The fraction of sp³-hybridized carbons (Fsp3) is 0.500. The molecular formula is C16H20O5. The Kier molecular flexibility index (Phi) is 4.21. The second-order valence-corrected chi connectivity index (χ2v) is 6.20. The van der Waals surface area contributed by atoms with Crippen LogP contribution in [0.25, 0.3) is 0 Å². The quantitative estimate of drug-likeness (QED) is 0.864. The summed E-state index contributed by atoms with van der Waals surface area (Å²) >= 11 is 0. The lowest BCUT2D eigenvalue weighted by molar-refractivity contribution is -0.155. The van der Waals surface area contributed by atoms with E-state index in [1.54, 1.807) is 12.1 Å². The van der Waals surface area contributed by atoms with Crippen LogP contribution < -0.4 is 4.74 Å². The van der Waals surface area contributed by atoms with E-state index in [1.807, 2.05) is 20.8 Å². The predicted molar refractivity (Wildman–Crippen MR) is 76.6 cm³/mol. The van der Waals surface area contributed by atoms with Gasteiger partial charge in [-0.05, 0) is 51.0 Å². The van der Waals surface area contributed by atoms with Crippen molar-refractivity contribution >= 4 is 11.9 Å². The number of carboxylic acid groups (broad SMARTS) is 1. The molecule has 1 aliphatic rings. The van der Waals surface area contributed by atoms with Crippen molar-refractivity contribution in [3.8, 4) is 5.75 Å². The van der Waals surface area contributed by atoms with Gasteiger partial charge in [0, 0.05) is 12.8 Å². The Hall–Kier alpha value is -2.04. The van der Waals surface area contributed by atoms with Crippen molar-refractivity contribution < 1.29 is 24.2 Å². The van der Waals surface area contributed by atoms with Crippen LogP contribution in [0, 0.1) is 0 Å². The van der Waals surface area contributed by atoms with E-state index in [9.17, 15) is 9.59 Å². The molecule has 0 amide bonds. The summed E-state index contributed by atoms with van der Waals surface area (Å²) in [5, 5.41) is 8.96. The summed E-state index contributed by atoms with van der Waals surface area (Å²) in [6.07, 6.45) is 1.38. The van der Waals surface area contributed by atoms with Gasteiger partial charge >= 0.3 is 11.9 Å². The zero-order chi connectivity index (χ0) is 15.6. The number of hydrogen-bond donors (Lipinski definition) is 1. The molecule has 1 heterocycles. The van der Waals surface area contributed by atoms with Crippen LogP contribution in [-0.2, 0) is 16.0 Å². The number of carbonyl (C=O) groups excluding carboxylic acids is 1. The highest BCUT2D eigenvalue weighted by atomic mass is 16.6. The largest absolute Gasteiger partial charge is 0.490 e. The third kappa shape index (κ3) is 4.21. The van der Waals surface area contributed by atoms with Crippen molar-refractivity contribution in [3.63, 3.8) is 0 Å². The van der Waals surface area contributed by atoms with E-state index >= 15 is 0 Å². The SMILES string of the molecule is CC(C)(C)OC(=O)CCC1Cc2cc(C(=O)O)ccc2O1. The van der Waals surface area contributed by atoms with E-state index in [4.69, 9.17) is 14.6 Å². The normalized spacial score (nSPS) is 17.0. The second kappa shape index (κ2) is 5.76. The van der Waals surface area contributed by atoms with Crippen molar-refractivity contribution in [1.82, 2.24) is 0 Å². The first-order valence-corrected chi connectivity index (χ1v) is 6.99. The first kappa shape index (κ1) is 15.4. The van der Waals surface area contributed by atoms with Gasteiger partial charge in [0.2, 0.25) is 0 Å². The minimum atomic E-state index is -0.949. The molecule has 5 nitrogen and oxygen atoms in total. The van der Waals surface area contributed by atoms with Gasteiger partial charge in [0.1, 0.15) is 17.5 Å². The van der Waals surface area contributed by atoms with Gasteiger partial charge < -0.3 is 14.6 Å². The Morgan fingerprint density at radius 3 is 2.71 bits per heavy atom. The summed E-state index contributed by atoms with van der Waals surface area (Å²) in [4.78, 5) is 22.6. The van der Waals surface area contributed by atoms with E-state index in [2.05, 4.69) is 0 Å². The van der Waals surface area contributed by atoms with Crippen molar-refractivity contribution in [2.45, 2.75) is 51.7 Å². The van der Waals surface area contributed by atoms with Gasteiger partial charge in [0.25, 0.3) is 0 Å². The van der Waals surface area contributed by atoms with Gasteiger partial charge in [-0.3, -0.25) is 4.79 Å². The number of esters is 1. The minimum absolute atomic E-state index is 0.100. The first-order chi connectivity index (χ1) is 9.74. The molecule has 0 radical (unpaired) electrons. The van der Waals surface area contributed by atoms with Crippen LogP contribution >= 0.6 is 0 Å². The van der Waals surface area contributed by atoms with Crippen LogP contribution in [0.5, 0.6) is 5.75 Å². The predicted octanol–water partition coefficient (Wildman–Crippen LogP) is 2.81. The molecule has 0 fully saturated rings. The third-order valence-corrected chi connectivity index (χ3v) is 3.14. The van der Waals surface area contributed by atoms with Crippen LogP contribution in [0.4, 0.5) is 0 Å². The number of carboxylic acids is 1. The van der Waals surface area contributed by atoms with Gasteiger partial charge in [-0.2, -0.15) is 0 Å². The van der Waals surface area contributed by atoms with Crippen LogP contribution in [-0.4, -0.2) is 28.8 Å². The van der Waals surface area contributed by atoms with Gasteiger partial charge in [-0.25, -0.2) is 4.79 Å². The fourth-order valence-corrected chi connectivity index (χ4v) is 2.29. The number of ether oxygens (including phenoxy) is 2. The number of carbonyl (C=O) groups is 2. The number of rotatable bonds is 4. The zero-order valence-corrected chi connectivity index (χ0v) is 12.5. The molecule has 0 saturated heterocycles. The number of fused-ring (bicyclic) bond motifs is 1. The van der Waals surface area contributed by atoms with Gasteiger partial charge in [0.05, 0.1) is 5.56 Å². The lowest BCUT2D eigenvalue weighted by Crippen LogP contribution is -2.25. The molecule has 1 unspecified atom stereocenters. The average Bonchev–Trinajstić information content (AvgIpc) is 2.75. The maximum atomic E-state index is 11.7. The van der Waals surface area contributed by atoms with Crippen molar-refractivity contribution in [2.75, 3.05) is 0 Å². The molecule has 0 saturated carbocycles. The summed E-state index contributed by atoms with van der Waals surface area (Å²) in [5.74, 6) is -0.488. The van der Waals surface area contributed by atoms with Crippen molar-refractivity contribution in [3.05, 3.63) is 29.3 Å². The first-order valence-electron chi connectivity index (χ1n) is 6.99. The maximum absolute atomic E-state index is 11.7. The molecule has 1 aromatic rings. The molecular weight excluding hydrogens is 272 g/mol. The van der Waals surface area contributed by atoms with Crippen molar-refractivity contribution in [2.24, 2.45) is 0 Å². The third-order valence-electron chi connectivity index (χ3n) is 3.14. The lowest BCUT2D eigenvalue weighted by atomic mass is 10.0. The topological polar surface area (TPSA) is 72.8 Å². The summed E-state index contributed by atoms with van der Waals surface area (Å²) in [6, 6.07) is 4.83. The molecule has 1 aromatic carbocycles. The Balaban J connectivity index is 1.89. The molecule has 21 heavy (non-hydrogen) atoms. The average molecular weight is 292 g/mol. The molecule has 5 heteroatoms. The van der Waals surface area contributed by atoms with E-state index < -0.39 is 11.6 Å². The fourth-order valence-electron chi connectivity index (χ4n) is 2.29. The molecule has 1 atom stereocenters. The molecule has 114 valence electrons. The standard InChI is InChI=1S/C16H20O5/c1-16(2,3)21-14(17)7-5-12-9-11-8-10(15(18)19)4-6-13(11)20-12/h4,6,8,12H,5,7,9H2,1-3H3,(H,18,19). The highest BCUT2D eigenvalue weighted by Crippen LogP contribution is 2.31. The smallest absolute Gasteiger partial charge is 0.335 e. The lowest BCUT2D eigenvalue weighted by Gasteiger charge is -2.20. The summed E-state index contributed by atoms with van der Waals surface area (Å²) < 4.78 is 11.0. The van der Waals surface area contributed by atoms with Crippen LogP contribution in [0.1, 0.15) is 49.5 Å². The van der Waals surface area contributed by atoms with Gasteiger partial charge in [0.15, 0.2) is 0 Å². The second-order valence-electron chi connectivity index (χ2n) is 6.20. The molecule has 0 spiro atoms. The maximum Gasteiger partial charge on any atom is 0.335 e. The van der Waals surface area contributed by atoms with E-state index in [1.165, 1.54) is 6.07 Å². The Morgan fingerprint density at radius 2 is 2.10 bits per heavy atom. The highest BCUT2D eigenvalue weighted by Gasteiger charge is 2.25. The Bertz CT molecular complexity index is 556. The van der Waals surface area contributed by atoms with E-state index in [-0.39, 0.29) is 17.6 Å². The monoisotopic (exact) mass is 292 g/mol. The molecule has 0 aliphatic carbocycles. The zero-order valence-electron chi connectivity index (χ0n) is 12.5. The summed E-state index contributed by atoms with van der Waals surface area (Å²) in [7, 11) is 0. The summed E-state index contributed by atoms with van der Waals surface area (Å²) in [6.45, 7) is 5.50. The van der Waals surface area contributed by atoms with Crippen molar-refractivity contribution in [1.29, 1.82) is 0 Å². The number of aromatic carboxylic acids is 1. The summed E-state index contributed by atoms with van der Waals surface area (Å²) in [5.41, 5.74) is 0.654. The molecule has 2 rings (SSSR count). The number of hydrogen-bond acceptors (Lipinski definition) is 4.